The van der Waals surface area contributed by atoms with Gasteiger partial charge in [0.05, 0.1) is 11.3 Å². The highest BCUT2D eigenvalue weighted by molar-refractivity contribution is 6.07. The first kappa shape index (κ1) is 17.2. The smallest absolute Gasteiger partial charge is 0.292 e. The molecule has 0 unspecified atom stereocenters. The number of furan rings is 1. The van der Waals surface area contributed by atoms with Gasteiger partial charge in [0.15, 0.2) is 11.5 Å². The number of ketones is 1. The van der Waals surface area contributed by atoms with Gasteiger partial charge in [-0.2, -0.15) is 5.10 Å². The predicted molar refractivity (Wildman–Crippen MR) is 96.9 cm³/mol. The standard InChI is InChI=1S/C20H18FN3O3/c1-11-10-17(24(23-11)14-7-4-3-6-13(14)21)22-20(26)19-12(2)18-15(25)8-5-9-16(18)27-19/h3-4,6-7,10H,5,8-9H2,1-2H3,(H,22,26). The highest BCUT2D eigenvalue weighted by Gasteiger charge is 2.29. The molecule has 1 aromatic carbocycles. The van der Waals surface area contributed by atoms with Crippen molar-refractivity contribution in [2.24, 2.45) is 0 Å². The maximum absolute atomic E-state index is 14.2. The number of fused-ring (bicyclic) bond motifs is 1. The van der Waals surface area contributed by atoms with Crippen molar-refractivity contribution in [2.45, 2.75) is 33.1 Å². The van der Waals surface area contributed by atoms with E-state index in [-0.39, 0.29) is 17.2 Å². The number of Topliss-reactive ketones (excluding diaryl/α,β-unsaturated/α-hetero) is 1. The molecule has 0 saturated heterocycles. The molecule has 0 fully saturated rings. The number of para-hydroxylation sites is 1. The van der Waals surface area contributed by atoms with E-state index in [1.54, 1.807) is 38.1 Å². The Morgan fingerprint density at radius 3 is 2.78 bits per heavy atom. The van der Waals surface area contributed by atoms with Gasteiger partial charge in [0.1, 0.15) is 23.1 Å². The fourth-order valence-electron chi connectivity index (χ4n) is 3.43. The van der Waals surface area contributed by atoms with Gasteiger partial charge in [-0.25, -0.2) is 9.07 Å². The highest BCUT2D eigenvalue weighted by Crippen LogP contribution is 2.30. The van der Waals surface area contributed by atoms with Gasteiger partial charge in [0, 0.05) is 24.5 Å². The van der Waals surface area contributed by atoms with E-state index >= 15 is 0 Å². The number of benzene rings is 1. The summed E-state index contributed by atoms with van der Waals surface area (Å²) in [5, 5.41) is 6.99. The van der Waals surface area contributed by atoms with Crippen molar-refractivity contribution in [3.05, 3.63) is 64.5 Å². The molecule has 0 aliphatic heterocycles. The zero-order valence-corrected chi connectivity index (χ0v) is 15.0. The van der Waals surface area contributed by atoms with Crippen molar-refractivity contribution in [2.75, 3.05) is 5.32 Å². The van der Waals surface area contributed by atoms with Crippen LogP contribution in [0, 0.1) is 19.7 Å². The molecule has 1 aliphatic carbocycles. The number of hydrogen-bond donors (Lipinski definition) is 1. The number of anilines is 1. The molecule has 1 aliphatic rings. The number of hydrogen-bond acceptors (Lipinski definition) is 4. The van der Waals surface area contributed by atoms with E-state index in [0.29, 0.717) is 41.2 Å². The Hall–Kier alpha value is -3.22. The molecular formula is C20H18FN3O3. The van der Waals surface area contributed by atoms with E-state index < -0.39 is 11.7 Å². The molecule has 138 valence electrons. The van der Waals surface area contributed by atoms with Crippen LogP contribution >= 0.6 is 0 Å². The topological polar surface area (TPSA) is 77.1 Å². The van der Waals surface area contributed by atoms with Gasteiger partial charge in [0.25, 0.3) is 5.91 Å². The Morgan fingerprint density at radius 2 is 2.04 bits per heavy atom. The Bertz CT molecular complexity index is 1060. The number of amides is 1. The fourth-order valence-corrected chi connectivity index (χ4v) is 3.43. The number of halogens is 1. The Balaban J connectivity index is 1.69. The first-order valence-corrected chi connectivity index (χ1v) is 8.74. The van der Waals surface area contributed by atoms with Crippen LogP contribution in [0.5, 0.6) is 0 Å². The molecule has 2 aromatic heterocycles. The highest BCUT2D eigenvalue weighted by atomic mass is 19.1. The van der Waals surface area contributed by atoms with Crippen LogP contribution in [0.3, 0.4) is 0 Å². The van der Waals surface area contributed by atoms with Crippen molar-refractivity contribution in [3.8, 4) is 5.69 Å². The molecule has 1 N–H and O–H groups in total. The minimum absolute atomic E-state index is 0.00351. The summed E-state index contributed by atoms with van der Waals surface area (Å²) in [5.41, 5.74) is 1.91. The van der Waals surface area contributed by atoms with Gasteiger partial charge in [-0.1, -0.05) is 12.1 Å². The minimum Gasteiger partial charge on any atom is -0.455 e. The van der Waals surface area contributed by atoms with Gasteiger partial charge in [-0.05, 0) is 32.4 Å². The fraction of sp³-hybridized carbons (Fsp3) is 0.250. The van der Waals surface area contributed by atoms with E-state index in [4.69, 9.17) is 4.42 Å². The third kappa shape index (κ3) is 2.95. The predicted octanol–water partition coefficient (Wildman–Crippen LogP) is 3.99. The Morgan fingerprint density at radius 1 is 1.26 bits per heavy atom. The summed E-state index contributed by atoms with van der Waals surface area (Å²) < 4.78 is 21.2. The quantitative estimate of drug-likeness (QED) is 0.759. The lowest BCUT2D eigenvalue weighted by Gasteiger charge is -2.09. The number of aryl methyl sites for hydroxylation is 2. The molecule has 3 aromatic rings. The molecule has 0 bridgehead atoms. The number of nitrogens with zero attached hydrogens (tertiary/aromatic N) is 2. The van der Waals surface area contributed by atoms with Crippen LogP contribution in [0.2, 0.25) is 0 Å². The number of carbonyl (C=O) groups is 2. The van der Waals surface area contributed by atoms with Crippen LogP contribution in [0.4, 0.5) is 10.2 Å². The largest absolute Gasteiger partial charge is 0.455 e. The summed E-state index contributed by atoms with van der Waals surface area (Å²) in [4.78, 5) is 24.9. The van der Waals surface area contributed by atoms with Crippen molar-refractivity contribution in [3.63, 3.8) is 0 Å². The van der Waals surface area contributed by atoms with Crippen LogP contribution < -0.4 is 5.32 Å². The lowest BCUT2D eigenvalue weighted by molar-refractivity contribution is 0.0963. The molecule has 1 amide bonds. The van der Waals surface area contributed by atoms with E-state index in [9.17, 15) is 14.0 Å². The SMILES string of the molecule is Cc1cc(NC(=O)c2oc3c(c2C)C(=O)CCC3)n(-c2ccccc2F)n1. The first-order valence-electron chi connectivity index (χ1n) is 8.74. The lowest BCUT2D eigenvalue weighted by Crippen LogP contribution is -2.16. The Kier molecular flexibility index (Phi) is 4.14. The van der Waals surface area contributed by atoms with Crippen molar-refractivity contribution in [1.82, 2.24) is 9.78 Å². The van der Waals surface area contributed by atoms with Gasteiger partial charge < -0.3 is 9.73 Å². The number of rotatable bonds is 3. The van der Waals surface area contributed by atoms with E-state index in [1.165, 1.54) is 10.7 Å². The van der Waals surface area contributed by atoms with E-state index in [1.807, 2.05) is 0 Å². The van der Waals surface area contributed by atoms with Gasteiger partial charge in [-0.15, -0.1) is 0 Å². The summed E-state index contributed by atoms with van der Waals surface area (Å²) >= 11 is 0. The number of carbonyl (C=O) groups excluding carboxylic acids is 2. The summed E-state index contributed by atoms with van der Waals surface area (Å²) in [6.45, 7) is 3.46. The zero-order chi connectivity index (χ0) is 19.1. The second-order valence-corrected chi connectivity index (χ2v) is 6.62. The lowest BCUT2D eigenvalue weighted by atomic mass is 9.94. The molecule has 0 atom stereocenters. The summed E-state index contributed by atoms with van der Waals surface area (Å²) in [6.07, 6.45) is 1.83. The molecule has 0 saturated carbocycles. The van der Waals surface area contributed by atoms with Crippen LogP contribution in [0.15, 0.2) is 34.7 Å². The summed E-state index contributed by atoms with van der Waals surface area (Å²) in [6, 6.07) is 7.83. The minimum atomic E-state index is -0.493. The summed E-state index contributed by atoms with van der Waals surface area (Å²) in [5.74, 6) is 0.0481. The first-order chi connectivity index (χ1) is 13.0. The molecule has 6 nitrogen and oxygen atoms in total. The monoisotopic (exact) mass is 367 g/mol. The Labute approximate surface area is 155 Å². The molecular weight excluding hydrogens is 349 g/mol. The van der Waals surface area contributed by atoms with Crippen LogP contribution in [0.1, 0.15) is 50.8 Å². The second-order valence-electron chi connectivity index (χ2n) is 6.62. The molecule has 0 spiro atoms. The molecule has 4 rings (SSSR count). The molecule has 0 radical (unpaired) electrons. The van der Waals surface area contributed by atoms with Gasteiger partial charge in [0.2, 0.25) is 0 Å². The maximum atomic E-state index is 14.2. The number of nitrogens with one attached hydrogen (secondary N) is 1. The van der Waals surface area contributed by atoms with Crippen LogP contribution in [-0.4, -0.2) is 21.5 Å². The third-order valence-corrected chi connectivity index (χ3v) is 4.67. The average molecular weight is 367 g/mol. The number of aromatic nitrogens is 2. The van der Waals surface area contributed by atoms with E-state index in [2.05, 4.69) is 10.4 Å². The third-order valence-electron chi connectivity index (χ3n) is 4.67. The summed E-state index contributed by atoms with van der Waals surface area (Å²) in [7, 11) is 0. The van der Waals surface area contributed by atoms with Crippen molar-refractivity contribution < 1.29 is 18.4 Å². The van der Waals surface area contributed by atoms with E-state index in [0.717, 1.165) is 6.42 Å². The second kappa shape index (κ2) is 6.50. The van der Waals surface area contributed by atoms with Crippen LogP contribution in [0.25, 0.3) is 5.69 Å². The maximum Gasteiger partial charge on any atom is 0.292 e. The van der Waals surface area contributed by atoms with Crippen molar-refractivity contribution in [1.29, 1.82) is 0 Å². The molecule has 27 heavy (non-hydrogen) atoms. The van der Waals surface area contributed by atoms with Crippen LogP contribution in [-0.2, 0) is 6.42 Å². The van der Waals surface area contributed by atoms with Gasteiger partial charge in [-0.3, -0.25) is 9.59 Å². The van der Waals surface area contributed by atoms with Gasteiger partial charge >= 0.3 is 0 Å². The molecule has 2 heterocycles. The zero-order valence-electron chi connectivity index (χ0n) is 15.0. The normalized spacial score (nSPS) is 13.5. The van der Waals surface area contributed by atoms with Crippen molar-refractivity contribution >= 4 is 17.5 Å². The average Bonchev–Trinajstić information content (AvgIpc) is 3.16. The molecule has 7 heteroatoms.